The standard InChI is InChI=1S/CH2AsF3O3/c3-1(4,5)2(6,7)8/h(H2,6,7,8). The predicted octanol–water partition coefficient (Wildman–Crippen LogP) is -0.558. The van der Waals surface area contributed by atoms with Crippen LogP contribution in [0.1, 0.15) is 0 Å². The second kappa shape index (κ2) is 1.79. The Balaban J connectivity index is 4.26. The van der Waals surface area contributed by atoms with Crippen LogP contribution in [0.4, 0.5) is 13.2 Å². The van der Waals surface area contributed by atoms with E-state index in [1.54, 1.807) is 0 Å². The van der Waals surface area contributed by atoms with E-state index in [1.165, 1.54) is 0 Å². The van der Waals surface area contributed by atoms with Gasteiger partial charge in [-0.1, -0.05) is 0 Å². The summed E-state index contributed by atoms with van der Waals surface area (Å²) in [7, 11) is 0. The van der Waals surface area contributed by atoms with Gasteiger partial charge in [-0.3, -0.25) is 0 Å². The molecule has 0 aromatic heterocycles. The van der Waals surface area contributed by atoms with Gasteiger partial charge in [-0.25, -0.2) is 0 Å². The van der Waals surface area contributed by atoms with Crippen molar-refractivity contribution in [2.75, 3.05) is 0 Å². The van der Waals surface area contributed by atoms with Crippen molar-refractivity contribution in [3.63, 3.8) is 0 Å². The molecule has 50 valence electrons. The van der Waals surface area contributed by atoms with Crippen molar-refractivity contribution in [1.82, 2.24) is 0 Å². The van der Waals surface area contributed by atoms with Crippen molar-refractivity contribution in [1.29, 1.82) is 0 Å². The van der Waals surface area contributed by atoms with Crippen molar-refractivity contribution in [3.8, 4) is 0 Å². The van der Waals surface area contributed by atoms with Crippen LogP contribution in [0.25, 0.3) is 0 Å². The fourth-order valence-electron chi connectivity index (χ4n) is 0. The molecule has 8 heavy (non-hydrogen) atoms. The molecule has 0 aromatic carbocycles. The zero-order valence-electron chi connectivity index (χ0n) is 3.38. The van der Waals surface area contributed by atoms with Crippen LogP contribution in [0.2, 0.25) is 0 Å². The van der Waals surface area contributed by atoms with Gasteiger partial charge in [0.25, 0.3) is 0 Å². The molecule has 0 unspecified atom stereocenters. The Morgan fingerprint density at radius 3 is 1.38 bits per heavy atom. The number of rotatable bonds is 0. The molecule has 0 saturated heterocycles. The minimum absolute atomic E-state index is 5.34. The number of alkyl halides is 3. The van der Waals surface area contributed by atoms with E-state index in [2.05, 4.69) is 0 Å². The fourth-order valence-corrected chi connectivity index (χ4v) is 0. The van der Waals surface area contributed by atoms with Gasteiger partial charge in [0.2, 0.25) is 0 Å². The molecule has 0 atom stereocenters. The zero-order chi connectivity index (χ0) is 7.00. The first-order chi connectivity index (χ1) is 3.25. The second-order valence-corrected chi connectivity index (χ2v) is 4.36. The number of halogens is 3. The molecule has 0 heterocycles. The molecule has 0 bridgehead atoms. The molecular weight excluding hydrogens is 192 g/mol. The molecule has 3 nitrogen and oxygen atoms in total. The summed E-state index contributed by atoms with van der Waals surface area (Å²) in [6, 6.07) is 0. The normalized spacial score (nSPS) is 14.1. The fraction of sp³-hybridized carbons (Fsp3) is 1.00. The Hall–Kier alpha value is 0.0684. The SMILES string of the molecule is O=[As](O)(O)C(F)(F)F. The Bertz CT molecular complexity index is 121. The summed E-state index contributed by atoms with van der Waals surface area (Å²) in [6.45, 7) is 0. The van der Waals surface area contributed by atoms with Crippen molar-refractivity contribution < 1.29 is 25.1 Å². The summed E-state index contributed by atoms with van der Waals surface area (Å²) in [5.74, 6) is 0. The summed E-state index contributed by atoms with van der Waals surface area (Å²) in [5.41, 5.74) is 0. The molecule has 7 heteroatoms. The summed E-state index contributed by atoms with van der Waals surface area (Å²) in [6.07, 6.45) is 0. The Kier molecular flexibility index (Phi) is 1.80. The molecule has 0 rings (SSSR count). The van der Waals surface area contributed by atoms with Crippen molar-refractivity contribution in [2.45, 2.75) is 4.96 Å². The van der Waals surface area contributed by atoms with Gasteiger partial charge in [-0.05, 0) is 0 Å². The number of hydrogen-bond donors (Lipinski definition) is 2. The van der Waals surface area contributed by atoms with E-state index in [1.807, 2.05) is 0 Å². The first-order valence-corrected chi connectivity index (χ1v) is 4.76. The maximum absolute atomic E-state index is 10.8. The topological polar surface area (TPSA) is 57.5 Å². The molecule has 0 aromatic rings. The molecule has 0 aliphatic carbocycles. The monoisotopic (exact) mass is 194 g/mol. The third-order valence-electron chi connectivity index (χ3n) is 0.330. The molecular formula is CH2AsF3O3. The molecule has 0 radical (unpaired) electrons. The van der Waals surface area contributed by atoms with Crippen LogP contribution in [-0.2, 0) is 3.74 Å². The van der Waals surface area contributed by atoms with Gasteiger partial charge >= 0.3 is 44.2 Å². The van der Waals surface area contributed by atoms with Crippen LogP contribution in [-0.4, -0.2) is 27.3 Å². The minimum atomic E-state index is -6.42. The molecule has 0 saturated carbocycles. The van der Waals surface area contributed by atoms with E-state index in [9.17, 15) is 16.9 Å². The van der Waals surface area contributed by atoms with Crippen LogP contribution >= 0.6 is 0 Å². The molecule has 0 amide bonds. The van der Waals surface area contributed by atoms with Gasteiger partial charge in [0, 0.05) is 0 Å². The van der Waals surface area contributed by atoms with Gasteiger partial charge in [0.05, 0.1) is 0 Å². The van der Waals surface area contributed by atoms with Gasteiger partial charge in [0.15, 0.2) is 0 Å². The molecule has 0 aliphatic rings. The van der Waals surface area contributed by atoms with E-state index in [0.717, 1.165) is 0 Å². The summed E-state index contributed by atoms with van der Waals surface area (Å²) >= 11 is -6.42. The van der Waals surface area contributed by atoms with Crippen LogP contribution in [0.3, 0.4) is 0 Å². The summed E-state index contributed by atoms with van der Waals surface area (Å²) in [4.78, 5) is -5.34. The van der Waals surface area contributed by atoms with Crippen LogP contribution in [0.15, 0.2) is 0 Å². The van der Waals surface area contributed by atoms with Crippen molar-refractivity contribution in [2.24, 2.45) is 0 Å². The van der Waals surface area contributed by atoms with Gasteiger partial charge in [-0.15, -0.1) is 0 Å². The van der Waals surface area contributed by atoms with Crippen molar-refractivity contribution >= 4 is 14.2 Å². The molecule has 0 aliphatic heterocycles. The Morgan fingerprint density at radius 2 is 1.38 bits per heavy atom. The quantitative estimate of drug-likeness (QED) is 0.508. The van der Waals surface area contributed by atoms with Crippen LogP contribution in [0.5, 0.6) is 0 Å². The van der Waals surface area contributed by atoms with E-state index >= 15 is 0 Å². The summed E-state index contributed by atoms with van der Waals surface area (Å²) in [5, 5.41) is 0. The second-order valence-electron chi connectivity index (χ2n) is 1.01. The third-order valence-corrected chi connectivity index (χ3v) is 1.72. The Labute approximate surface area is 45.1 Å². The van der Waals surface area contributed by atoms with Gasteiger partial charge in [-0.2, -0.15) is 0 Å². The van der Waals surface area contributed by atoms with E-state index in [4.69, 9.17) is 8.19 Å². The zero-order valence-corrected chi connectivity index (χ0v) is 5.26. The third kappa shape index (κ3) is 1.90. The van der Waals surface area contributed by atoms with Gasteiger partial charge < -0.3 is 0 Å². The molecule has 2 N–H and O–H groups in total. The van der Waals surface area contributed by atoms with Crippen LogP contribution in [0, 0.1) is 0 Å². The van der Waals surface area contributed by atoms with E-state index in [-0.39, 0.29) is 0 Å². The van der Waals surface area contributed by atoms with Gasteiger partial charge in [0.1, 0.15) is 0 Å². The maximum atomic E-state index is 10.8. The average molecular weight is 194 g/mol. The molecule has 0 spiro atoms. The number of hydrogen-bond acceptors (Lipinski definition) is 1. The predicted molar refractivity (Wildman–Crippen MR) is 16.9 cm³/mol. The summed E-state index contributed by atoms with van der Waals surface area (Å²) < 4.78 is 56.6. The first-order valence-electron chi connectivity index (χ1n) is 1.37. The van der Waals surface area contributed by atoms with E-state index < -0.39 is 19.1 Å². The first kappa shape index (κ1) is 8.07. The van der Waals surface area contributed by atoms with Crippen molar-refractivity contribution in [3.05, 3.63) is 0 Å². The average Bonchev–Trinajstić information content (AvgIpc) is 1.25. The van der Waals surface area contributed by atoms with E-state index in [0.29, 0.717) is 0 Å². The Morgan fingerprint density at radius 1 is 1.25 bits per heavy atom. The van der Waals surface area contributed by atoms with Crippen LogP contribution < -0.4 is 0 Å². The molecule has 0 fully saturated rings.